The second-order valence-electron chi connectivity index (χ2n) is 3.22. The third kappa shape index (κ3) is 3.92. The van der Waals surface area contributed by atoms with Crippen molar-refractivity contribution in [2.24, 2.45) is 0 Å². The van der Waals surface area contributed by atoms with E-state index in [0.29, 0.717) is 4.47 Å². The van der Waals surface area contributed by atoms with E-state index in [1.54, 1.807) is 0 Å². The molecule has 0 aliphatic rings. The minimum absolute atomic E-state index is 0.0869. The fourth-order valence-electron chi connectivity index (χ4n) is 1.10. The molecule has 17 heavy (non-hydrogen) atoms. The highest BCUT2D eigenvalue weighted by atomic mass is 79.9. The van der Waals surface area contributed by atoms with Gasteiger partial charge in [0.2, 0.25) is 5.91 Å². The number of alkyl halides is 3. The van der Waals surface area contributed by atoms with Gasteiger partial charge in [0.25, 0.3) is 0 Å². The Hall–Kier alpha value is -1.24. The molecule has 0 fully saturated rings. The smallest absolute Gasteiger partial charge is 0.375 e. The van der Waals surface area contributed by atoms with Crippen molar-refractivity contribution in [2.75, 3.05) is 18.9 Å². The van der Waals surface area contributed by atoms with Gasteiger partial charge in [-0.25, -0.2) is 0 Å². The molecule has 0 aliphatic heterocycles. The Morgan fingerprint density at radius 2 is 2.06 bits per heavy atom. The van der Waals surface area contributed by atoms with Gasteiger partial charge in [0.15, 0.2) is 0 Å². The van der Waals surface area contributed by atoms with Crippen LogP contribution in [-0.4, -0.2) is 19.5 Å². The molecule has 0 heterocycles. The largest absolute Gasteiger partial charge is 0.416 e. The summed E-state index contributed by atoms with van der Waals surface area (Å²) in [6.07, 6.45) is -4.40. The SMILES string of the molecule is CNC(=O)CNc1cc(C(F)(F)F)ccc1Br. The van der Waals surface area contributed by atoms with E-state index >= 15 is 0 Å². The summed E-state index contributed by atoms with van der Waals surface area (Å²) >= 11 is 3.11. The number of benzene rings is 1. The van der Waals surface area contributed by atoms with E-state index in [0.717, 1.165) is 12.1 Å². The zero-order chi connectivity index (χ0) is 13.1. The van der Waals surface area contributed by atoms with E-state index in [2.05, 4.69) is 26.6 Å². The van der Waals surface area contributed by atoms with Gasteiger partial charge in [0.1, 0.15) is 0 Å². The maximum absolute atomic E-state index is 12.4. The molecule has 2 N–H and O–H groups in total. The standard InChI is InChI=1S/C10H10BrF3N2O/c1-15-9(17)5-16-8-4-6(10(12,13)14)2-3-7(8)11/h2-4,16H,5H2,1H3,(H,15,17). The molecule has 0 unspecified atom stereocenters. The Balaban J connectivity index is 2.88. The van der Waals surface area contributed by atoms with E-state index in [4.69, 9.17) is 0 Å². The van der Waals surface area contributed by atoms with Crippen LogP contribution in [-0.2, 0) is 11.0 Å². The predicted molar refractivity (Wildman–Crippen MR) is 61.7 cm³/mol. The molecule has 0 saturated heterocycles. The van der Waals surface area contributed by atoms with Gasteiger partial charge in [-0.05, 0) is 34.1 Å². The van der Waals surface area contributed by atoms with E-state index < -0.39 is 11.7 Å². The average Bonchev–Trinajstić information content (AvgIpc) is 2.26. The molecule has 1 amide bonds. The van der Waals surface area contributed by atoms with E-state index in [-0.39, 0.29) is 18.1 Å². The number of nitrogens with one attached hydrogen (secondary N) is 2. The summed E-state index contributed by atoms with van der Waals surface area (Å²) in [5.41, 5.74) is -0.538. The fraction of sp³-hybridized carbons (Fsp3) is 0.300. The third-order valence-corrected chi connectivity index (χ3v) is 2.70. The predicted octanol–water partition coefficient (Wildman–Crippen LogP) is 2.63. The minimum Gasteiger partial charge on any atom is -0.375 e. The second kappa shape index (κ2) is 5.39. The summed E-state index contributed by atoms with van der Waals surface area (Å²) < 4.78 is 37.8. The van der Waals surface area contributed by atoms with Gasteiger partial charge in [-0.3, -0.25) is 4.79 Å². The first-order valence-corrected chi connectivity index (χ1v) is 5.45. The van der Waals surface area contributed by atoms with Crippen LogP contribution in [0.3, 0.4) is 0 Å². The first-order chi connectivity index (χ1) is 7.84. The number of hydrogen-bond acceptors (Lipinski definition) is 2. The molecule has 3 nitrogen and oxygen atoms in total. The van der Waals surface area contributed by atoms with Crippen molar-refractivity contribution in [3.8, 4) is 0 Å². The van der Waals surface area contributed by atoms with Crippen molar-refractivity contribution < 1.29 is 18.0 Å². The Labute approximate surface area is 105 Å². The third-order valence-electron chi connectivity index (χ3n) is 2.01. The van der Waals surface area contributed by atoms with Crippen LogP contribution in [0.2, 0.25) is 0 Å². The zero-order valence-corrected chi connectivity index (χ0v) is 10.4. The molecule has 0 aromatic heterocycles. The Kier molecular flexibility index (Phi) is 4.39. The van der Waals surface area contributed by atoms with Crippen LogP contribution in [0.25, 0.3) is 0 Å². The topological polar surface area (TPSA) is 41.1 Å². The molecular weight excluding hydrogens is 301 g/mol. The number of anilines is 1. The summed E-state index contributed by atoms with van der Waals surface area (Å²) in [5.74, 6) is -0.311. The summed E-state index contributed by atoms with van der Waals surface area (Å²) in [6.45, 7) is -0.0869. The first kappa shape index (κ1) is 13.8. The highest BCUT2D eigenvalue weighted by Crippen LogP contribution is 2.33. The summed E-state index contributed by atoms with van der Waals surface area (Å²) in [4.78, 5) is 11.0. The quantitative estimate of drug-likeness (QED) is 0.901. The molecule has 0 radical (unpaired) electrons. The van der Waals surface area contributed by atoms with Crippen molar-refractivity contribution in [3.63, 3.8) is 0 Å². The van der Waals surface area contributed by atoms with Gasteiger partial charge in [0.05, 0.1) is 12.1 Å². The average molecular weight is 311 g/mol. The maximum atomic E-state index is 12.4. The molecule has 1 aromatic carbocycles. The van der Waals surface area contributed by atoms with Crippen molar-refractivity contribution in [1.82, 2.24) is 5.32 Å². The fourth-order valence-corrected chi connectivity index (χ4v) is 1.49. The van der Waals surface area contributed by atoms with E-state index in [9.17, 15) is 18.0 Å². The van der Waals surface area contributed by atoms with Gasteiger partial charge in [0, 0.05) is 17.2 Å². The number of halogens is 4. The van der Waals surface area contributed by atoms with Crippen LogP contribution in [0, 0.1) is 0 Å². The molecule has 0 aliphatic carbocycles. The van der Waals surface area contributed by atoms with Crippen LogP contribution < -0.4 is 10.6 Å². The molecule has 0 bridgehead atoms. The normalized spacial score (nSPS) is 11.1. The summed E-state index contributed by atoms with van der Waals surface area (Å²) in [6, 6.07) is 3.21. The molecular formula is C10H10BrF3N2O. The zero-order valence-electron chi connectivity index (χ0n) is 8.86. The van der Waals surface area contributed by atoms with Crippen LogP contribution >= 0.6 is 15.9 Å². The molecule has 0 saturated carbocycles. The number of amides is 1. The van der Waals surface area contributed by atoms with Crippen LogP contribution in [0.4, 0.5) is 18.9 Å². The maximum Gasteiger partial charge on any atom is 0.416 e. The highest BCUT2D eigenvalue weighted by Gasteiger charge is 2.30. The first-order valence-electron chi connectivity index (χ1n) is 4.66. The molecule has 0 atom stereocenters. The minimum atomic E-state index is -4.40. The van der Waals surface area contributed by atoms with Gasteiger partial charge in [-0.1, -0.05) is 0 Å². The number of likely N-dealkylation sites (N-methyl/N-ethyl adjacent to an activating group) is 1. The molecule has 1 rings (SSSR count). The second-order valence-corrected chi connectivity index (χ2v) is 4.07. The number of rotatable bonds is 3. The van der Waals surface area contributed by atoms with Crippen LogP contribution in [0.5, 0.6) is 0 Å². The van der Waals surface area contributed by atoms with Gasteiger partial charge >= 0.3 is 6.18 Å². The number of hydrogen-bond donors (Lipinski definition) is 2. The summed E-state index contributed by atoms with van der Waals surface area (Å²) in [7, 11) is 1.45. The van der Waals surface area contributed by atoms with Crippen molar-refractivity contribution >= 4 is 27.5 Å². The molecule has 94 valence electrons. The van der Waals surface area contributed by atoms with Gasteiger partial charge in [-0.2, -0.15) is 13.2 Å². The van der Waals surface area contributed by atoms with Crippen molar-refractivity contribution in [1.29, 1.82) is 0 Å². The number of carbonyl (C=O) groups is 1. The lowest BCUT2D eigenvalue weighted by atomic mass is 10.2. The van der Waals surface area contributed by atoms with E-state index in [1.165, 1.54) is 13.1 Å². The molecule has 0 spiro atoms. The summed E-state index contributed by atoms with van der Waals surface area (Å²) in [5, 5.41) is 4.98. The molecule has 7 heteroatoms. The van der Waals surface area contributed by atoms with Crippen molar-refractivity contribution in [3.05, 3.63) is 28.2 Å². The Morgan fingerprint density at radius 3 is 2.59 bits per heavy atom. The highest BCUT2D eigenvalue weighted by molar-refractivity contribution is 9.10. The van der Waals surface area contributed by atoms with E-state index in [1.807, 2.05) is 0 Å². The van der Waals surface area contributed by atoms with Gasteiger partial charge < -0.3 is 10.6 Å². The van der Waals surface area contributed by atoms with Crippen molar-refractivity contribution in [2.45, 2.75) is 6.18 Å². The molecule has 1 aromatic rings. The lowest BCUT2D eigenvalue weighted by molar-refractivity contribution is -0.137. The van der Waals surface area contributed by atoms with Gasteiger partial charge in [-0.15, -0.1) is 0 Å². The lowest BCUT2D eigenvalue weighted by Crippen LogP contribution is -2.26. The van der Waals surface area contributed by atoms with Crippen LogP contribution in [0.15, 0.2) is 22.7 Å². The lowest BCUT2D eigenvalue weighted by Gasteiger charge is -2.12. The monoisotopic (exact) mass is 310 g/mol. The number of carbonyl (C=O) groups excluding carboxylic acids is 1. The van der Waals surface area contributed by atoms with Crippen LogP contribution in [0.1, 0.15) is 5.56 Å². The Morgan fingerprint density at radius 1 is 1.41 bits per heavy atom. The Bertz CT molecular complexity index is 421.